The summed E-state index contributed by atoms with van der Waals surface area (Å²) in [6.07, 6.45) is 8.50. The molecule has 0 aliphatic rings. The second kappa shape index (κ2) is 14.6. The van der Waals surface area contributed by atoms with Gasteiger partial charge in [-0.05, 0) is 37.5 Å². The molecule has 27 heavy (non-hydrogen) atoms. The molecule has 152 valence electrons. The van der Waals surface area contributed by atoms with Gasteiger partial charge >= 0.3 is 11.9 Å². The molecule has 0 fully saturated rings. The number of ether oxygens (including phenoxy) is 2. The van der Waals surface area contributed by atoms with Crippen molar-refractivity contribution in [1.29, 1.82) is 0 Å². The maximum atomic E-state index is 13.2. The Morgan fingerprint density at radius 3 is 2.15 bits per heavy atom. The Hall–Kier alpha value is -1.43. The van der Waals surface area contributed by atoms with Crippen LogP contribution in [0.3, 0.4) is 0 Å². The molecule has 0 saturated carbocycles. The first kappa shape index (κ1) is 23.6. The predicted octanol–water partition coefficient (Wildman–Crippen LogP) is 6.10. The van der Waals surface area contributed by atoms with E-state index in [-0.39, 0.29) is 24.4 Å². The van der Waals surface area contributed by atoms with Crippen LogP contribution >= 0.6 is 15.9 Å². The van der Waals surface area contributed by atoms with E-state index in [9.17, 15) is 14.0 Å². The van der Waals surface area contributed by atoms with Crippen molar-refractivity contribution in [3.05, 3.63) is 34.1 Å². The minimum Gasteiger partial charge on any atom is -0.466 e. The lowest BCUT2D eigenvalue weighted by atomic mass is 10.1. The normalized spacial score (nSPS) is 10.6. The highest BCUT2D eigenvalue weighted by atomic mass is 79.9. The van der Waals surface area contributed by atoms with E-state index in [0.29, 0.717) is 25.0 Å². The van der Waals surface area contributed by atoms with Gasteiger partial charge in [-0.2, -0.15) is 0 Å². The Balaban J connectivity index is 1.98. The summed E-state index contributed by atoms with van der Waals surface area (Å²) in [5.41, 5.74) is 0.622. The molecule has 0 saturated heterocycles. The lowest BCUT2D eigenvalue weighted by Gasteiger charge is -2.07. The number of halogens is 2. The summed E-state index contributed by atoms with van der Waals surface area (Å²) >= 11 is 3.31. The Labute approximate surface area is 169 Å². The van der Waals surface area contributed by atoms with E-state index in [1.54, 1.807) is 6.07 Å². The van der Waals surface area contributed by atoms with Crippen LogP contribution in [0, 0.1) is 5.82 Å². The van der Waals surface area contributed by atoms with E-state index in [2.05, 4.69) is 22.9 Å². The Kier molecular flexibility index (Phi) is 12.8. The number of hydrogen-bond donors (Lipinski definition) is 0. The summed E-state index contributed by atoms with van der Waals surface area (Å²) in [5.74, 6) is -0.712. The lowest BCUT2D eigenvalue weighted by molar-refractivity contribution is -0.145. The van der Waals surface area contributed by atoms with Crippen molar-refractivity contribution >= 4 is 27.9 Å². The van der Waals surface area contributed by atoms with Crippen molar-refractivity contribution in [2.45, 2.75) is 77.7 Å². The second-order valence-electron chi connectivity index (χ2n) is 6.59. The molecule has 0 aliphatic carbocycles. The SMILES string of the molecule is CCCCOC(=O)CCCCCCCCC(=O)OCc1cc(F)ccc1Br. The van der Waals surface area contributed by atoms with E-state index >= 15 is 0 Å². The van der Waals surface area contributed by atoms with Gasteiger partial charge in [0.25, 0.3) is 0 Å². The summed E-state index contributed by atoms with van der Waals surface area (Å²) in [7, 11) is 0. The number of benzene rings is 1. The van der Waals surface area contributed by atoms with Gasteiger partial charge in [0.05, 0.1) is 6.61 Å². The number of esters is 2. The van der Waals surface area contributed by atoms with Gasteiger partial charge in [-0.1, -0.05) is 55.0 Å². The van der Waals surface area contributed by atoms with E-state index in [1.807, 2.05) is 0 Å². The van der Waals surface area contributed by atoms with Crippen LogP contribution in [-0.4, -0.2) is 18.5 Å². The highest BCUT2D eigenvalue weighted by molar-refractivity contribution is 9.10. The van der Waals surface area contributed by atoms with Gasteiger partial charge in [0.2, 0.25) is 0 Å². The van der Waals surface area contributed by atoms with Crippen LogP contribution in [0.4, 0.5) is 4.39 Å². The molecule has 0 heterocycles. The van der Waals surface area contributed by atoms with Crippen LogP contribution in [0.15, 0.2) is 22.7 Å². The topological polar surface area (TPSA) is 52.6 Å². The maximum absolute atomic E-state index is 13.2. The molecule has 0 amide bonds. The fourth-order valence-corrected chi connectivity index (χ4v) is 2.89. The molecule has 0 spiro atoms. The van der Waals surface area contributed by atoms with Gasteiger partial charge in [0.1, 0.15) is 12.4 Å². The summed E-state index contributed by atoms with van der Waals surface area (Å²) in [5, 5.41) is 0. The van der Waals surface area contributed by atoms with Crippen LogP contribution in [-0.2, 0) is 25.7 Å². The quantitative estimate of drug-likeness (QED) is 0.257. The molecule has 4 nitrogen and oxygen atoms in total. The van der Waals surface area contributed by atoms with Crippen LogP contribution in [0.25, 0.3) is 0 Å². The molecule has 0 atom stereocenters. The van der Waals surface area contributed by atoms with E-state index in [1.165, 1.54) is 12.1 Å². The van der Waals surface area contributed by atoms with Crippen molar-refractivity contribution in [2.75, 3.05) is 6.61 Å². The van der Waals surface area contributed by atoms with Crippen molar-refractivity contribution in [1.82, 2.24) is 0 Å². The molecular formula is C21H30BrFO4. The van der Waals surface area contributed by atoms with Gasteiger partial charge in [0, 0.05) is 22.9 Å². The van der Waals surface area contributed by atoms with Crippen molar-refractivity contribution in [3.8, 4) is 0 Å². The molecule has 0 aliphatic heterocycles. The van der Waals surface area contributed by atoms with Crippen LogP contribution in [0.2, 0.25) is 0 Å². The summed E-state index contributed by atoms with van der Waals surface area (Å²) in [6.45, 7) is 2.67. The number of carbonyl (C=O) groups excluding carboxylic acids is 2. The summed E-state index contributed by atoms with van der Waals surface area (Å²) < 4.78 is 24.2. The first-order chi connectivity index (χ1) is 13.0. The summed E-state index contributed by atoms with van der Waals surface area (Å²) in [6, 6.07) is 4.31. The maximum Gasteiger partial charge on any atom is 0.306 e. The zero-order valence-electron chi connectivity index (χ0n) is 16.1. The summed E-state index contributed by atoms with van der Waals surface area (Å²) in [4.78, 5) is 23.2. The molecule has 0 N–H and O–H groups in total. The van der Waals surface area contributed by atoms with E-state index in [0.717, 1.165) is 55.8 Å². The van der Waals surface area contributed by atoms with E-state index < -0.39 is 0 Å². The Morgan fingerprint density at radius 1 is 0.926 bits per heavy atom. The molecule has 0 unspecified atom stereocenters. The molecule has 1 aromatic rings. The van der Waals surface area contributed by atoms with Gasteiger partial charge in [-0.3, -0.25) is 9.59 Å². The third kappa shape index (κ3) is 11.8. The molecule has 6 heteroatoms. The lowest BCUT2D eigenvalue weighted by Crippen LogP contribution is -2.05. The largest absolute Gasteiger partial charge is 0.466 e. The predicted molar refractivity (Wildman–Crippen MR) is 107 cm³/mol. The van der Waals surface area contributed by atoms with Crippen LogP contribution in [0.1, 0.15) is 76.7 Å². The molecule has 0 aromatic heterocycles. The fraction of sp³-hybridized carbons (Fsp3) is 0.619. The standard InChI is InChI=1S/C21H30BrFO4/c1-2-3-14-26-20(24)10-8-6-4-5-7-9-11-21(25)27-16-17-15-18(23)12-13-19(17)22/h12-13,15H,2-11,14,16H2,1H3. The number of unbranched alkanes of at least 4 members (excludes halogenated alkanes) is 6. The first-order valence-electron chi connectivity index (χ1n) is 9.78. The minimum absolute atomic E-state index is 0.0749. The molecule has 1 aromatic carbocycles. The van der Waals surface area contributed by atoms with Crippen LogP contribution in [0.5, 0.6) is 0 Å². The third-order valence-corrected chi connectivity index (χ3v) is 4.94. The van der Waals surface area contributed by atoms with Crippen molar-refractivity contribution < 1.29 is 23.5 Å². The Morgan fingerprint density at radius 2 is 1.52 bits per heavy atom. The average Bonchev–Trinajstić information content (AvgIpc) is 2.64. The smallest absolute Gasteiger partial charge is 0.306 e. The molecule has 0 radical (unpaired) electrons. The zero-order valence-corrected chi connectivity index (χ0v) is 17.7. The first-order valence-corrected chi connectivity index (χ1v) is 10.6. The number of hydrogen-bond acceptors (Lipinski definition) is 4. The zero-order chi connectivity index (χ0) is 19.9. The highest BCUT2D eigenvalue weighted by Crippen LogP contribution is 2.19. The minimum atomic E-state index is -0.349. The fourth-order valence-electron chi connectivity index (χ4n) is 2.53. The molecule has 0 bridgehead atoms. The number of carbonyl (C=O) groups is 2. The van der Waals surface area contributed by atoms with Gasteiger partial charge in [-0.25, -0.2) is 4.39 Å². The molecular weight excluding hydrogens is 415 g/mol. The third-order valence-electron chi connectivity index (χ3n) is 4.17. The van der Waals surface area contributed by atoms with E-state index in [4.69, 9.17) is 9.47 Å². The second-order valence-corrected chi connectivity index (χ2v) is 7.45. The Bertz CT molecular complexity index is 577. The average molecular weight is 445 g/mol. The molecule has 1 rings (SSSR count). The van der Waals surface area contributed by atoms with Gasteiger partial charge < -0.3 is 9.47 Å². The number of rotatable bonds is 14. The van der Waals surface area contributed by atoms with Gasteiger partial charge in [-0.15, -0.1) is 0 Å². The van der Waals surface area contributed by atoms with Gasteiger partial charge in [0.15, 0.2) is 0 Å². The van der Waals surface area contributed by atoms with Crippen LogP contribution < -0.4 is 0 Å². The van der Waals surface area contributed by atoms with Crippen molar-refractivity contribution in [3.63, 3.8) is 0 Å². The highest BCUT2D eigenvalue weighted by Gasteiger charge is 2.07. The monoisotopic (exact) mass is 444 g/mol. The van der Waals surface area contributed by atoms with Crippen molar-refractivity contribution in [2.24, 2.45) is 0 Å².